The van der Waals surface area contributed by atoms with Gasteiger partial charge in [0.15, 0.2) is 0 Å². The third kappa shape index (κ3) is 5.86. The summed E-state index contributed by atoms with van der Waals surface area (Å²) < 4.78 is 2.41. The zero-order valence-electron chi connectivity index (χ0n) is 37.8. The molecule has 11 aromatic carbocycles. The third-order valence-electron chi connectivity index (χ3n) is 14.8. The van der Waals surface area contributed by atoms with E-state index in [1.165, 1.54) is 94.1 Å². The van der Waals surface area contributed by atoms with Crippen LogP contribution in [0.4, 0.5) is 17.1 Å². The van der Waals surface area contributed by atoms with Gasteiger partial charge in [-0.25, -0.2) is 0 Å². The molecule has 2 aliphatic rings. The molecule has 12 aromatic rings. The minimum absolute atomic E-state index is 0.467. The quantitative estimate of drug-likeness (QED) is 0.155. The van der Waals surface area contributed by atoms with Gasteiger partial charge in [0.1, 0.15) is 0 Å². The van der Waals surface area contributed by atoms with Crippen molar-refractivity contribution in [1.29, 1.82) is 0 Å². The summed E-state index contributed by atoms with van der Waals surface area (Å²) >= 11 is 0. The lowest BCUT2D eigenvalue weighted by Gasteiger charge is -2.33. The molecular weight excluding hydrogens is 833 g/mol. The average Bonchev–Trinajstić information content (AvgIpc) is 4.03. The second-order valence-corrected chi connectivity index (χ2v) is 18.3. The highest BCUT2D eigenvalue weighted by Crippen LogP contribution is 2.63. The van der Waals surface area contributed by atoms with Crippen LogP contribution in [0.15, 0.2) is 267 Å². The zero-order chi connectivity index (χ0) is 45.5. The molecule has 14 rings (SSSR count). The van der Waals surface area contributed by atoms with Crippen molar-refractivity contribution in [3.63, 3.8) is 0 Å². The predicted molar refractivity (Wildman–Crippen MR) is 288 cm³/mol. The standard InChI is InChI=1S/C67H44N2/c1-3-19-45(20-4-1)46-35-38-49(39-36-46)68(50-40-42-56-55-27-11-16-32-62(55)67(63(56)44-50)60-30-14-9-25-53(60)54-26-10-15-31-61(54)67)64-33-17-12-28-57(64)52-24-8-7-23-51(52)47-37-41-59-58-29-13-18-34-65(58)69(66(59)43-47)48-21-5-2-6-22-48/h1-44H. The lowest BCUT2D eigenvalue weighted by molar-refractivity contribution is 0.793. The fourth-order valence-corrected chi connectivity index (χ4v) is 11.9. The van der Waals surface area contributed by atoms with E-state index in [0.717, 1.165) is 28.3 Å². The summed E-state index contributed by atoms with van der Waals surface area (Å²) in [5.74, 6) is 0. The van der Waals surface area contributed by atoms with Crippen LogP contribution in [0.1, 0.15) is 22.3 Å². The maximum absolute atomic E-state index is 2.50. The molecule has 0 unspecified atom stereocenters. The highest BCUT2D eigenvalue weighted by molar-refractivity contribution is 6.11. The maximum atomic E-state index is 2.50. The van der Waals surface area contributed by atoms with Gasteiger partial charge in [-0.05, 0) is 127 Å². The van der Waals surface area contributed by atoms with Crippen LogP contribution in [0.3, 0.4) is 0 Å². The molecule has 0 fully saturated rings. The summed E-state index contributed by atoms with van der Waals surface area (Å²) in [5.41, 5.74) is 23.9. The van der Waals surface area contributed by atoms with E-state index < -0.39 is 5.41 Å². The number of para-hydroxylation sites is 3. The molecule has 2 nitrogen and oxygen atoms in total. The summed E-state index contributed by atoms with van der Waals surface area (Å²) in [6.07, 6.45) is 0. The van der Waals surface area contributed by atoms with Gasteiger partial charge in [0.25, 0.3) is 0 Å². The van der Waals surface area contributed by atoms with Gasteiger partial charge in [0, 0.05) is 33.4 Å². The van der Waals surface area contributed by atoms with Crippen LogP contribution in [0.2, 0.25) is 0 Å². The predicted octanol–water partition coefficient (Wildman–Crippen LogP) is 17.6. The number of hydrogen-bond acceptors (Lipinski definition) is 1. The molecule has 1 heterocycles. The zero-order valence-corrected chi connectivity index (χ0v) is 37.8. The Labute approximate surface area is 402 Å². The SMILES string of the molecule is c1ccc(-c2ccc(N(c3ccc4c(c3)C3(c5ccccc5-c5ccccc53)c3ccccc3-4)c3ccccc3-c3ccccc3-c3ccc4c5ccccc5n(-c5ccccc5)c4c3)cc2)cc1. The van der Waals surface area contributed by atoms with E-state index in [2.05, 4.69) is 276 Å². The molecule has 0 radical (unpaired) electrons. The average molecular weight is 877 g/mol. The summed E-state index contributed by atoms with van der Waals surface area (Å²) in [5, 5.41) is 2.49. The number of rotatable bonds is 7. The van der Waals surface area contributed by atoms with Crippen molar-refractivity contribution in [2.24, 2.45) is 0 Å². The summed E-state index contributed by atoms with van der Waals surface area (Å²) in [6, 6.07) is 98.6. The van der Waals surface area contributed by atoms with Crippen LogP contribution in [-0.2, 0) is 5.41 Å². The lowest BCUT2D eigenvalue weighted by atomic mass is 9.70. The molecule has 0 saturated heterocycles. The Morgan fingerprint density at radius 1 is 0.275 bits per heavy atom. The Balaban J connectivity index is 0.987. The van der Waals surface area contributed by atoms with Gasteiger partial charge in [-0.2, -0.15) is 0 Å². The van der Waals surface area contributed by atoms with E-state index in [-0.39, 0.29) is 0 Å². The highest BCUT2D eigenvalue weighted by atomic mass is 15.1. The van der Waals surface area contributed by atoms with Crippen molar-refractivity contribution >= 4 is 38.9 Å². The molecule has 0 N–H and O–H groups in total. The fraction of sp³-hybridized carbons (Fsp3) is 0.0149. The van der Waals surface area contributed by atoms with Crippen LogP contribution in [0.25, 0.3) is 83.1 Å². The molecule has 2 heteroatoms. The molecule has 1 aromatic heterocycles. The van der Waals surface area contributed by atoms with E-state index in [1.54, 1.807) is 0 Å². The lowest BCUT2D eigenvalue weighted by Crippen LogP contribution is -2.26. The fourth-order valence-electron chi connectivity index (χ4n) is 11.9. The number of hydrogen-bond donors (Lipinski definition) is 0. The maximum Gasteiger partial charge on any atom is 0.0726 e. The van der Waals surface area contributed by atoms with Gasteiger partial charge in [-0.15, -0.1) is 0 Å². The van der Waals surface area contributed by atoms with Gasteiger partial charge in [-0.3, -0.25) is 0 Å². The summed E-state index contributed by atoms with van der Waals surface area (Å²) in [4.78, 5) is 2.49. The number of benzene rings is 11. The second kappa shape index (κ2) is 15.6. The van der Waals surface area contributed by atoms with Crippen LogP contribution in [0.5, 0.6) is 0 Å². The van der Waals surface area contributed by atoms with Gasteiger partial charge in [-0.1, -0.05) is 212 Å². The Hall–Kier alpha value is -8.98. The Kier molecular flexibility index (Phi) is 8.84. The smallest absolute Gasteiger partial charge is 0.0726 e. The minimum atomic E-state index is -0.467. The number of fused-ring (bicyclic) bond motifs is 13. The number of nitrogens with zero attached hydrogens (tertiary/aromatic N) is 2. The molecule has 0 aliphatic heterocycles. The molecule has 2 aliphatic carbocycles. The molecule has 322 valence electrons. The monoisotopic (exact) mass is 876 g/mol. The molecular formula is C67H44N2. The van der Waals surface area contributed by atoms with Crippen molar-refractivity contribution < 1.29 is 0 Å². The van der Waals surface area contributed by atoms with Crippen LogP contribution in [0, 0.1) is 0 Å². The van der Waals surface area contributed by atoms with E-state index in [4.69, 9.17) is 0 Å². The molecule has 1 spiro atoms. The topological polar surface area (TPSA) is 8.17 Å². The first-order valence-corrected chi connectivity index (χ1v) is 23.9. The first-order valence-electron chi connectivity index (χ1n) is 23.9. The van der Waals surface area contributed by atoms with E-state index in [1.807, 2.05) is 0 Å². The van der Waals surface area contributed by atoms with Crippen molar-refractivity contribution in [1.82, 2.24) is 4.57 Å². The summed E-state index contributed by atoms with van der Waals surface area (Å²) in [6.45, 7) is 0. The van der Waals surface area contributed by atoms with Gasteiger partial charge in [0.2, 0.25) is 0 Å². The van der Waals surface area contributed by atoms with Crippen molar-refractivity contribution in [2.75, 3.05) is 4.90 Å². The Morgan fingerprint density at radius 3 is 1.43 bits per heavy atom. The van der Waals surface area contributed by atoms with Crippen molar-refractivity contribution in [2.45, 2.75) is 5.41 Å². The molecule has 69 heavy (non-hydrogen) atoms. The van der Waals surface area contributed by atoms with E-state index >= 15 is 0 Å². The third-order valence-corrected chi connectivity index (χ3v) is 14.8. The molecule has 0 bridgehead atoms. The normalized spacial score (nSPS) is 12.8. The summed E-state index contributed by atoms with van der Waals surface area (Å²) in [7, 11) is 0. The van der Waals surface area contributed by atoms with Gasteiger partial charge in [0.05, 0.1) is 22.1 Å². The van der Waals surface area contributed by atoms with Gasteiger partial charge < -0.3 is 9.47 Å². The Morgan fingerprint density at radius 2 is 0.754 bits per heavy atom. The molecule has 0 atom stereocenters. The van der Waals surface area contributed by atoms with Crippen LogP contribution in [-0.4, -0.2) is 4.57 Å². The van der Waals surface area contributed by atoms with Crippen molar-refractivity contribution in [3.8, 4) is 61.3 Å². The number of anilines is 3. The first-order chi connectivity index (χ1) is 34.3. The van der Waals surface area contributed by atoms with E-state index in [9.17, 15) is 0 Å². The first kappa shape index (κ1) is 39.2. The molecule has 0 saturated carbocycles. The van der Waals surface area contributed by atoms with Crippen LogP contribution < -0.4 is 4.90 Å². The van der Waals surface area contributed by atoms with Gasteiger partial charge >= 0.3 is 0 Å². The minimum Gasteiger partial charge on any atom is -0.310 e. The van der Waals surface area contributed by atoms with Crippen LogP contribution >= 0.6 is 0 Å². The Bertz CT molecular complexity index is 3890. The largest absolute Gasteiger partial charge is 0.310 e. The van der Waals surface area contributed by atoms with Crippen molar-refractivity contribution in [3.05, 3.63) is 289 Å². The molecule has 0 amide bonds. The second-order valence-electron chi connectivity index (χ2n) is 18.3. The number of aromatic nitrogens is 1. The highest BCUT2D eigenvalue weighted by Gasteiger charge is 2.51. The van der Waals surface area contributed by atoms with E-state index in [0.29, 0.717) is 0 Å².